The summed E-state index contributed by atoms with van der Waals surface area (Å²) < 4.78 is 27.3. The molecule has 1 amide bonds. The van der Waals surface area contributed by atoms with E-state index < -0.39 is 23.1 Å². The van der Waals surface area contributed by atoms with Gasteiger partial charge in [0, 0.05) is 12.2 Å². The van der Waals surface area contributed by atoms with Crippen molar-refractivity contribution in [3.8, 4) is 0 Å². The maximum absolute atomic E-state index is 13.8. The Bertz CT molecular complexity index is 652. The molecule has 0 bridgehead atoms. The Morgan fingerprint density at radius 1 is 1.33 bits per heavy atom. The number of aromatic nitrogens is 2. The number of aromatic amines is 1. The molecular formula is C15H17F2N3O. The van der Waals surface area contributed by atoms with Crippen LogP contribution in [0.5, 0.6) is 0 Å². The zero-order valence-electron chi connectivity index (χ0n) is 12.0. The Labute approximate surface area is 121 Å². The van der Waals surface area contributed by atoms with Gasteiger partial charge in [0.2, 0.25) is 0 Å². The summed E-state index contributed by atoms with van der Waals surface area (Å²) >= 11 is 0. The van der Waals surface area contributed by atoms with Crippen LogP contribution in [-0.4, -0.2) is 22.6 Å². The number of nitrogens with zero attached hydrogens (tertiary/aromatic N) is 1. The Kier molecular flexibility index (Phi) is 4.67. The van der Waals surface area contributed by atoms with Crippen LogP contribution in [-0.2, 0) is 6.42 Å². The third-order valence-corrected chi connectivity index (χ3v) is 3.35. The summed E-state index contributed by atoms with van der Waals surface area (Å²) in [5, 5.41) is 9.27. The van der Waals surface area contributed by atoms with Crippen LogP contribution < -0.4 is 5.32 Å². The van der Waals surface area contributed by atoms with Crippen molar-refractivity contribution in [2.75, 3.05) is 6.54 Å². The molecule has 0 unspecified atom stereocenters. The maximum atomic E-state index is 13.8. The normalized spacial score (nSPS) is 10.7. The Morgan fingerprint density at radius 3 is 2.76 bits per heavy atom. The highest BCUT2D eigenvalue weighted by molar-refractivity contribution is 5.94. The zero-order valence-corrected chi connectivity index (χ0v) is 12.0. The third-order valence-electron chi connectivity index (χ3n) is 3.35. The second-order valence-corrected chi connectivity index (χ2v) is 4.93. The summed E-state index contributed by atoms with van der Waals surface area (Å²) in [5.74, 6) is -2.38. The van der Waals surface area contributed by atoms with Gasteiger partial charge in [-0.2, -0.15) is 5.10 Å². The monoisotopic (exact) mass is 293 g/mol. The minimum Gasteiger partial charge on any atom is -0.352 e. The number of aryl methyl sites for hydroxylation is 3. The van der Waals surface area contributed by atoms with Crippen molar-refractivity contribution in [2.45, 2.75) is 26.7 Å². The van der Waals surface area contributed by atoms with Gasteiger partial charge in [0.15, 0.2) is 0 Å². The minimum atomic E-state index is -0.846. The molecule has 1 aromatic heterocycles. The SMILES string of the molecule is Cc1ccc(F)c(C(=O)NCCCc2cn[nH]c2C)c1F. The van der Waals surface area contributed by atoms with Crippen molar-refractivity contribution in [2.24, 2.45) is 0 Å². The number of hydrogen-bond donors (Lipinski definition) is 2. The molecule has 0 aliphatic heterocycles. The summed E-state index contributed by atoms with van der Waals surface area (Å²) in [5.41, 5.74) is 1.78. The first-order valence-corrected chi connectivity index (χ1v) is 6.72. The molecule has 2 aromatic rings. The molecule has 1 heterocycles. The molecule has 0 radical (unpaired) electrons. The summed E-state index contributed by atoms with van der Waals surface area (Å²) in [6.07, 6.45) is 3.14. The van der Waals surface area contributed by atoms with E-state index >= 15 is 0 Å². The fourth-order valence-corrected chi connectivity index (χ4v) is 2.06. The number of H-pyrrole nitrogens is 1. The molecule has 0 atom stereocenters. The second kappa shape index (κ2) is 6.47. The molecule has 0 aliphatic carbocycles. The summed E-state index contributed by atoms with van der Waals surface area (Å²) in [6, 6.07) is 2.41. The van der Waals surface area contributed by atoms with Crippen LogP contribution in [0.25, 0.3) is 0 Å². The molecule has 0 fully saturated rings. The Balaban J connectivity index is 1.91. The fourth-order valence-electron chi connectivity index (χ4n) is 2.06. The maximum Gasteiger partial charge on any atom is 0.257 e. The first-order chi connectivity index (χ1) is 10.0. The zero-order chi connectivity index (χ0) is 15.4. The molecule has 0 saturated heterocycles. The third kappa shape index (κ3) is 3.45. The van der Waals surface area contributed by atoms with Crippen LogP contribution in [0.1, 0.15) is 33.6 Å². The van der Waals surface area contributed by atoms with Crippen LogP contribution in [0.2, 0.25) is 0 Å². The molecule has 2 N–H and O–H groups in total. The van der Waals surface area contributed by atoms with Gasteiger partial charge in [-0.3, -0.25) is 9.89 Å². The van der Waals surface area contributed by atoms with Gasteiger partial charge in [-0.25, -0.2) is 8.78 Å². The molecule has 112 valence electrons. The molecule has 6 heteroatoms. The minimum absolute atomic E-state index is 0.246. The van der Waals surface area contributed by atoms with E-state index in [2.05, 4.69) is 15.5 Å². The molecule has 4 nitrogen and oxygen atoms in total. The summed E-state index contributed by atoms with van der Waals surface area (Å²) in [6.45, 7) is 3.75. The number of carbonyl (C=O) groups is 1. The topological polar surface area (TPSA) is 57.8 Å². The lowest BCUT2D eigenvalue weighted by atomic mass is 10.1. The Hall–Kier alpha value is -2.24. The predicted molar refractivity (Wildman–Crippen MR) is 75.1 cm³/mol. The first-order valence-electron chi connectivity index (χ1n) is 6.72. The van der Waals surface area contributed by atoms with Crippen molar-refractivity contribution in [1.82, 2.24) is 15.5 Å². The lowest BCUT2D eigenvalue weighted by molar-refractivity contribution is 0.0944. The van der Waals surface area contributed by atoms with E-state index in [9.17, 15) is 13.6 Å². The number of amides is 1. The molecule has 21 heavy (non-hydrogen) atoms. The number of rotatable bonds is 5. The molecule has 0 aliphatic rings. The lowest BCUT2D eigenvalue weighted by Gasteiger charge is -2.08. The number of hydrogen-bond acceptors (Lipinski definition) is 2. The van der Waals surface area contributed by atoms with Crippen molar-refractivity contribution in [3.05, 3.63) is 52.3 Å². The van der Waals surface area contributed by atoms with Crippen molar-refractivity contribution >= 4 is 5.91 Å². The molecule has 0 saturated carbocycles. The summed E-state index contributed by atoms with van der Waals surface area (Å²) in [4.78, 5) is 11.9. The quantitative estimate of drug-likeness (QED) is 0.833. The average molecular weight is 293 g/mol. The lowest BCUT2D eigenvalue weighted by Crippen LogP contribution is -2.27. The van der Waals surface area contributed by atoms with Crippen LogP contribution in [0, 0.1) is 25.5 Å². The Morgan fingerprint density at radius 2 is 2.10 bits per heavy atom. The van der Waals surface area contributed by atoms with E-state index in [4.69, 9.17) is 0 Å². The summed E-state index contributed by atoms with van der Waals surface area (Å²) in [7, 11) is 0. The van der Waals surface area contributed by atoms with Crippen LogP contribution in [0.3, 0.4) is 0 Å². The number of halogens is 2. The second-order valence-electron chi connectivity index (χ2n) is 4.93. The smallest absolute Gasteiger partial charge is 0.257 e. The van der Waals surface area contributed by atoms with Crippen LogP contribution in [0.4, 0.5) is 8.78 Å². The first kappa shape index (κ1) is 15.2. The van der Waals surface area contributed by atoms with Gasteiger partial charge < -0.3 is 5.32 Å². The van der Waals surface area contributed by atoms with Crippen molar-refractivity contribution < 1.29 is 13.6 Å². The van der Waals surface area contributed by atoms with Gasteiger partial charge in [0.25, 0.3) is 5.91 Å². The van der Waals surface area contributed by atoms with Gasteiger partial charge in [0.05, 0.1) is 6.20 Å². The van der Waals surface area contributed by atoms with Gasteiger partial charge in [-0.05, 0) is 43.9 Å². The van der Waals surface area contributed by atoms with Gasteiger partial charge in [0.1, 0.15) is 17.2 Å². The van der Waals surface area contributed by atoms with Crippen LogP contribution in [0.15, 0.2) is 18.3 Å². The van der Waals surface area contributed by atoms with E-state index in [0.717, 1.165) is 23.7 Å². The van der Waals surface area contributed by atoms with E-state index in [1.165, 1.54) is 13.0 Å². The van der Waals surface area contributed by atoms with Gasteiger partial charge in [-0.15, -0.1) is 0 Å². The molecule has 0 spiro atoms. The number of carbonyl (C=O) groups excluding carboxylic acids is 1. The van der Waals surface area contributed by atoms with E-state index in [-0.39, 0.29) is 5.56 Å². The number of benzene rings is 1. The van der Waals surface area contributed by atoms with Crippen LogP contribution >= 0.6 is 0 Å². The molecule has 2 rings (SSSR count). The van der Waals surface area contributed by atoms with Crippen molar-refractivity contribution in [1.29, 1.82) is 0 Å². The van der Waals surface area contributed by atoms with Gasteiger partial charge >= 0.3 is 0 Å². The molecule has 1 aromatic carbocycles. The highest BCUT2D eigenvalue weighted by Gasteiger charge is 2.18. The highest BCUT2D eigenvalue weighted by Crippen LogP contribution is 2.16. The standard InChI is InChI=1S/C15H17F2N3O/c1-9-5-6-12(16)13(14(9)17)15(21)18-7-3-4-11-8-19-20-10(11)2/h5-6,8H,3-4,7H2,1-2H3,(H,18,21)(H,19,20). The van der Waals surface area contributed by atoms with E-state index in [1.807, 2.05) is 6.92 Å². The van der Waals surface area contributed by atoms with Gasteiger partial charge in [-0.1, -0.05) is 6.07 Å². The predicted octanol–water partition coefficient (Wildman–Crippen LogP) is 2.67. The van der Waals surface area contributed by atoms with E-state index in [0.29, 0.717) is 13.0 Å². The highest BCUT2D eigenvalue weighted by atomic mass is 19.1. The average Bonchev–Trinajstić information content (AvgIpc) is 2.85. The van der Waals surface area contributed by atoms with E-state index in [1.54, 1.807) is 6.20 Å². The fraction of sp³-hybridized carbons (Fsp3) is 0.333. The number of nitrogens with one attached hydrogen (secondary N) is 2. The largest absolute Gasteiger partial charge is 0.352 e. The molecular weight excluding hydrogens is 276 g/mol. The van der Waals surface area contributed by atoms with Crippen molar-refractivity contribution in [3.63, 3.8) is 0 Å².